The third-order valence-electron chi connectivity index (χ3n) is 4.69. The van der Waals surface area contributed by atoms with Crippen LogP contribution in [0.4, 0.5) is 0 Å². The fraction of sp³-hybridized carbons (Fsp3) is 0.632. The van der Waals surface area contributed by atoms with E-state index in [0.29, 0.717) is 18.8 Å². The number of aryl methyl sites for hydroxylation is 1. The van der Waals surface area contributed by atoms with Gasteiger partial charge in [-0.05, 0) is 56.0 Å². The number of likely N-dealkylation sites (tertiary alicyclic amines) is 1. The minimum absolute atomic E-state index is 0.249. The highest BCUT2D eigenvalue weighted by Crippen LogP contribution is 2.24. The number of hydrogen-bond donors (Lipinski definition) is 1. The first-order valence-corrected chi connectivity index (χ1v) is 8.86. The molecule has 1 aliphatic heterocycles. The minimum Gasteiger partial charge on any atom is -0.497 e. The molecule has 1 aromatic rings. The summed E-state index contributed by atoms with van der Waals surface area (Å²) in [4.78, 5) is 14.5. The van der Waals surface area contributed by atoms with E-state index in [0.717, 1.165) is 56.1 Å². The number of ether oxygens (including phenoxy) is 2. The molecule has 1 N–H and O–H groups in total. The molecule has 1 fully saturated rings. The van der Waals surface area contributed by atoms with Gasteiger partial charge in [-0.25, -0.2) is 0 Å². The second-order valence-corrected chi connectivity index (χ2v) is 6.35. The van der Waals surface area contributed by atoms with E-state index in [1.54, 1.807) is 14.2 Å². The zero-order valence-corrected chi connectivity index (χ0v) is 15.1. The molecular formula is C19H30N2O3. The number of amides is 1. The van der Waals surface area contributed by atoms with E-state index in [4.69, 9.17) is 9.47 Å². The summed E-state index contributed by atoms with van der Waals surface area (Å²) in [6, 6.07) is 5.79. The summed E-state index contributed by atoms with van der Waals surface area (Å²) >= 11 is 0. The molecule has 0 unspecified atom stereocenters. The standard InChI is InChI=1S/C19H30N2O3/c1-4-20-14-15-7-9-21(10-8-15)19(22)6-5-16-11-17(23-2)13-18(12-16)24-3/h11-13,15,20H,4-10,14H2,1-3H3. The fourth-order valence-corrected chi connectivity index (χ4v) is 3.16. The average Bonchev–Trinajstić information content (AvgIpc) is 2.64. The number of benzene rings is 1. The predicted octanol–water partition coefficient (Wildman–Crippen LogP) is 2.48. The van der Waals surface area contributed by atoms with Gasteiger partial charge in [-0.3, -0.25) is 4.79 Å². The van der Waals surface area contributed by atoms with Crippen LogP contribution in [0.1, 0.15) is 31.7 Å². The van der Waals surface area contributed by atoms with E-state index in [9.17, 15) is 4.79 Å². The summed E-state index contributed by atoms with van der Waals surface area (Å²) < 4.78 is 10.6. The molecule has 0 atom stereocenters. The lowest BCUT2D eigenvalue weighted by molar-refractivity contribution is -0.132. The number of nitrogens with one attached hydrogen (secondary N) is 1. The molecule has 5 heteroatoms. The lowest BCUT2D eigenvalue weighted by Crippen LogP contribution is -2.40. The predicted molar refractivity (Wildman–Crippen MR) is 95.7 cm³/mol. The third kappa shape index (κ3) is 5.41. The van der Waals surface area contributed by atoms with Crippen LogP contribution >= 0.6 is 0 Å². The van der Waals surface area contributed by atoms with Crippen LogP contribution in [0.15, 0.2) is 18.2 Å². The van der Waals surface area contributed by atoms with Crippen molar-refractivity contribution in [2.24, 2.45) is 5.92 Å². The second-order valence-electron chi connectivity index (χ2n) is 6.35. The molecule has 24 heavy (non-hydrogen) atoms. The van der Waals surface area contributed by atoms with Crippen LogP contribution in [0.25, 0.3) is 0 Å². The number of nitrogens with zero attached hydrogens (tertiary/aromatic N) is 1. The Morgan fingerprint density at radius 3 is 2.33 bits per heavy atom. The van der Waals surface area contributed by atoms with Crippen molar-refractivity contribution < 1.29 is 14.3 Å². The van der Waals surface area contributed by atoms with Gasteiger partial charge in [-0.15, -0.1) is 0 Å². The molecule has 134 valence electrons. The first-order chi connectivity index (χ1) is 11.7. The zero-order valence-electron chi connectivity index (χ0n) is 15.1. The Balaban J connectivity index is 1.81. The summed E-state index contributed by atoms with van der Waals surface area (Å²) in [5, 5.41) is 3.40. The van der Waals surface area contributed by atoms with E-state index in [1.165, 1.54) is 0 Å². The van der Waals surface area contributed by atoms with Gasteiger partial charge < -0.3 is 19.7 Å². The Labute approximate surface area is 145 Å². The van der Waals surface area contributed by atoms with Crippen LogP contribution < -0.4 is 14.8 Å². The summed E-state index contributed by atoms with van der Waals surface area (Å²) in [6.45, 7) is 5.99. The molecule has 1 amide bonds. The Morgan fingerprint density at radius 2 is 1.79 bits per heavy atom. The van der Waals surface area contributed by atoms with Gasteiger partial charge in [0.1, 0.15) is 11.5 Å². The Bertz CT molecular complexity index is 503. The largest absolute Gasteiger partial charge is 0.497 e. The van der Waals surface area contributed by atoms with Gasteiger partial charge in [0, 0.05) is 25.6 Å². The number of piperidine rings is 1. The molecule has 0 spiro atoms. The number of methoxy groups -OCH3 is 2. The van der Waals surface area contributed by atoms with Crippen molar-refractivity contribution in [3.05, 3.63) is 23.8 Å². The minimum atomic E-state index is 0.249. The van der Waals surface area contributed by atoms with E-state index in [2.05, 4.69) is 12.2 Å². The lowest BCUT2D eigenvalue weighted by Gasteiger charge is -2.32. The number of rotatable bonds is 8. The van der Waals surface area contributed by atoms with E-state index < -0.39 is 0 Å². The van der Waals surface area contributed by atoms with Crippen molar-refractivity contribution >= 4 is 5.91 Å². The monoisotopic (exact) mass is 334 g/mol. The Hall–Kier alpha value is -1.75. The molecule has 0 saturated carbocycles. The van der Waals surface area contributed by atoms with E-state index in [-0.39, 0.29) is 5.91 Å². The number of carbonyl (C=O) groups is 1. The van der Waals surface area contributed by atoms with Crippen molar-refractivity contribution in [2.45, 2.75) is 32.6 Å². The average molecular weight is 334 g/mol. The van der Waals surface area contributed by atoms with Gasteiger partial charge in [-0.2, -0.15) is 0 Å². The van der Waals surface area contributed by atoms with Gasteiger partial charge in [0.2, 0.25) is 5.91 Å². The number of carbonyl (C=O) groups excluding carboxylic acids is 1. The fourth-order valence-electron chi connectivity index (χ4n) is 3.16. The normalized spacial score (nSPS) is 15.4. The summed E-state index contributed by atoms with van der Waals surface area (Å²) in [7, 11) is 3.28. The molecule has 1 aromatic carbocycles. The maximum atomic E-state index is 12.4. The zero-order chi connectivity index (χ0) is 17.4. The smallest absolute Gasteiger partial charge is 0.222 e. The van der Waals surface area contributed by atoms with E-state index >= 15 is 0 Å². The van der Waals surface area contributed by atoms with Gasteiger partial charge in [0.25, 0.3) is 0 Å². The molecule has 0 aliphatic carbocycles. The van der Waals surface area contributed by atoms with Crippen LogP contribution in [0.2, 0.25) is 0 Å². The van der Waals surface area contributed by atoms with Crippen molar-refractivity contribution in [1.29, 1.82) is 0 Å². The summed E-state index contributed by atoms with van der Waals surface area (Å²) in [5.74, 6) is 2.48. The first-order valence-electron chi connectivity index (χ1n) is 8.86. The van der Waals surface area contributed by atoms with E-state index in [1.807, 2.05) is 23.1 Å². The number of hydrogen-bond acceptors (Lipinski definition) is 4. The molecule has 0 aromatic heterocycles. The second kappa shape index (κ2) is 9.52. The van der Waals surface area contributed by atoms with Crippen molar-refractivity contribution in [2.75, 3.05) is 40.4 Å². The highest BCUT2D eigenvalue weighted by Gasteiger charge is 2.22. The summed E-state index contributed by atoms with van der Waals surface area (Å²) in [6.07, 6.45) is 3.45. The molecular weight excluding hydrogens is 304 g/mol. The molecule has 2 rings (SSSR count). The van der Waals surface area contributed by atoms with Crippen LogP contribution in [-0.4, -0.2) is 51.2 Å². The highest BCUT2D eigenvalue weighted by atomic mass is 16.5. The molecule has 5 nitrogen and oxygen atoms in total. The van der Waals surface area contributed by atoms with Crippen LogP contribution in [0, 0.1) is 5.92 Å². The maximum Gasteiger partial charge on any atom is 0.222 e. The third-order valence-corrected chi connectivity index (χ3v) is 4.69. The molecule has 1 aliphatic rings. The first kappa shape index (κ1) is 18.6. The quantitative estimate of drug-likeness (QED) is 0.793. The SMILES string of the molecule is CCNCC1CCN(C(=O)CCc2cc(OC)cc(OC)c2)CC1. The van der Waals surface area contributed by atoms with Crippen molar-refractivity contribution in [1.82, 2.24) is 10.2 Å². The van der Waals surface area contributed by atoms with Gasteiger partial charge in [0.05, 0.1) is 14.2 Å². The molecule has 0 radical (unpaired) electrons. The van der Waals surface area contributed by atoms with Gasteiger partial charge in [-0.1, -0.05) is 6.92 Å². The van der Waals surface area contributed by atoms with Crippen LogP contribution in [0.3, 0.4) is 0 Å². The Kier molecular flexibility index (Phi) is 7.37. The Morgan fingerprint density at radius 1 is 1.17 bits per heavy atom. The maximum absolute atomic E-state index is 12.4. The van der Waals surface area contributed by atoms with Crippen molar-refractivity contribution in [3.8, 4) is 11.5 Å². The molecule has 1 heterocycles. The van der Waals surface area contributed by atoms with Gasteiger partial charge in [0.15, 0.2) is 0 Å². The topological polar surface area (TPSA) is 50.8 Å². The molecule has 0 bridgehead atoms. The lowest BCUT2D eigenvalue weighted by atomic mass is 9.96. The van der Waals surface area contributed by atoms with Gasteiger partial charge >= 0.3 is 0 Å². The highest BCUT2D eigenvalue weighted by molar-refractivity contribution is 5.76. The molecule has 1 saturated heterocycles. The summed E-state index contributed by atoms with van der Waals surface area (Å²) in [5.41, 5.74) is 1.07. The van der Waals surface area contributed by atoms with Crippen molar-refractivity contribution in [3.63, 3.8) is 0 Å². The van der Waals surface area contributed by atoms with Crippen LogP contribution in [-0.2, 0) is 11.2 Å². The van der Waals surface area contributed by atoms with Crippen LogP contribution in [0.5, 0.6) is 11.5 Å².